The zero-order valence-corrected chi connectivity index (χ0v) is 18.1. The van der Waals surface area contributed by atoms with Crippen LogP contribution in [-0.2, 0) is 10.0 Å². The molecule has 0 amide bonds. The quantitative estimate of drug-likeness (QED) is 0.744. The molecule has 0 spiro atoms. The Bertz CT molecular complexity index is 616. The molecular weight excluding hydrogens is 358 g/mol. The van der Waals surface area contributed by atoms with Gasteiger partial charge < -0.3 is 5.11 Å². The van der Waals surface area contributed by atoms with Crippen LogP contribution in [0.4, 0.5) is 0 Å². The van der Waals surface area contributed by atoms with E-state index in [1.54, 1.807) is 0 Å². The lowest BCUT2D eigenvalue weighted by atomic mass is 9.70. The van der Waals surface area contributed by atoms with Gasteiger partial charge in [-0.2, -0.15) is 4.31 Å². The molecule has 4 fully saturated rings. The third kappa shape index (κ3) is 3.30. The van der Waals surface area contributed by atoms with Crippen LogP contribution in [-0.4, -0.2) is 41.8 Å². The van der Waals surface area contributed by atoms with Crippen molar-refractivity contribution in [3.05, 3.63) is 0 Å². The van der Waals surface area contributed by atoms with Gasteiger partial charge in [0, 0.05) is 17.5 Å². The van der Waals surface area contributed by atoms with Crippen LogP contribution < -0.4 is 0 Å². The number of hydrogen-bond donors (Lipinski definition) is 1. The lowest BCUT2D eigenvalue weighted by Crippen LogP contribution is -2.54. The number of nitrogens with zero attached hydrogens (tertiary/aromatic N) is 1. The van der Waals surface area contributed by atoms with Crippen LogP contribution in [0.1, 0.15) is 97.3 Å². The van der Waals surface area contributed by atoms with Crippen molar-refractivity contribution in [1.29, 1.82) is 0 Å². The largest absolute Gasteiger partial charge is 0.392 e. The van der Waals surface area contributed by atoms with Crippen LogP contribution in [0.15, 0.2) is 0 Å². The van der Waals surface area contributed by atoms with E-state index in [1.807, 2.05) is 4.31 Å². The van der Waals surface area contributed by atoms with Gasteiger partial charge in [0.15, 0.2) is 0 Å². The summed E-state index contributed by atoms with van der Waals surface area (Å²) in [6.07, 6.45) is 13.5. The van der Waals surface area contributed by atoms with Gasteiger partial charge in [0.05, 0.1) is 11.9 Å². The molecule has 0 aromatic rings. The SMILES string of the molecule is CC1(C)[C@H]2CC[C@]1(CS(=O)(=O)N(C1CCCCC1)C1CCCCC1)[C@@H](O)C2. The average molecular weight is 398 g/mol. The first-order chi connectivity index (χ1) is 12.8. The summed E-state index contributed by atoms with van der Waals surface area (Å²) < 4.78 is 29.8. The fourth-order valence-corrected chi connectivity index (χ4v) is 10.0. The summed E-state index contributed by atoms with van der Waals surface area (Å²) in [7, 11) is -3.38. The van der Waals surface area contributed by atoms with Gasteiger partial charge in [-0.1, -0.05) is 52.4 Å². The van der Waals surface area contributed by atoms with E-state index >= 15 is 0 Å². The molecule has 4 saturated carbocycles. The van der Waals surface area contributed by atoms with Gasteiger partial charge in [-0.3, -0.25) is 0 Å². The van der Waals surface area contributed by atoms with Crippen molar-refractivity contribution in [1.82, 2.24) is 4.31 Å². The van der Waals surface area contributed by atoms with Gasteiger partial charge in [-0.15, -0.1) is 0 Å². The molecule has 5 heteroatoms. The minimum absolute atomic E-state index is 0.0791. The Morgan fingerprint density at radius 1 is 0.889 bits per heavy atom. The van der Waals surface area contributed by atoms with E-state index in [0.717, 1.165) is 70.6 Å². The van der Waals surface area contributed by atoms with Gasteiger partial charge in [-0.05, 0) is 56.3 Å². The highest BCUT2D eigenvalue weighted by atomic mass is 32.2. The van der Waals surface area contributed by atoms with Crippen molar-refractivity contribution in [3.63, 3.8) is 0 Å². The number of sulfonamides is 1. The highest BCUT2D eigenvalue weighted by Gasteiger charge is 2.65. The maximum atomic E-state index is 13.9. The van der Waals surface area contributed by atoms with Gasteiger partial charge in [-0.25, -0.2) is 8.42 Å². The molecule has 4 rings (SSSR count). The molecule has 4 aliphatic rings. The summed E-state index contributed by atoms with van der Waals surface area (Å²) in [4.78, 5) is 0. The fraction of sp³-hybridized carbons (Fsp3) is 1.00. The number of rotatable bonds is 5. The number of aliphatic hydroxyl groups is 1. The molecule has 0 saturated heterocycles. The molecule has 0 unspecified atom stereocenters. The molecule has 0 heterocycles. The summed E-state index contributed by atoms with van der Waals surface area (Å²) in [5, 5.41) is 10.9. The second kappa shape index (κ2) is 7.28. The Balaban J connectivity index is 1.64. The van der Waals surface area contributed by atoms with E-state index in [0.29, 0.717) is 5.92 Å². The topological polar surface area (TPSA) is 57.6 Å². The van der Waals surface area contributed by atoms with Crippen LogP contribution >= 0.6 is 0 Å². The normalized spacial score (nSPS) is 37.9. The van der Waals surface area contributed by atoms with Crippen molar-refractivity contribution in [2.75, 3.05) is 5.75 Å². The molecule has 3 atom stereocenters. The second-order valence-electron chi connectivity index (χ2n) is 10.5. The summed E-state index contributed by atoms with van der Waals surface area (Å²) >= 11 is 0. The van der Waals surface area contributed by atoms with Gasteiger partial charge in [0.1, 0.15) is 0 Å². The number of aliphatic hydroxyl groups excluding tert-OH is 1. The maximum Gasteiger partial charge on any atom is 0.215 e. The Morgan fingerprint density at radius 2 is 1.41 bits per heavy atom. The number of hydrogen-bond acceptors (Lipinski definition) is 3. The molecule has 4 nitrogen and oxygen atoms in total. The number of fused-ring (bicyclic) bond motifs is 2. The molecule has 0 aromatic carbocycles. The summed E-state index contributed by atoms with van der Waals surface area (Å²) in [5.41, 5.74) is -0.525. The first-order valence-electron chi connectivity index (χ1n) is 11.5. The molecule has 0 aromatic heterocycles. The summed E-state index contributed by atoms with van der Waals surface area (Å²) in [6, 6.07) is 0.393. The standard InChI is InChI=1S/C22H39NO3S/c1-21(2)17-13-14-22(21,20(24)15-17)16-27(25,26)23(18-9-5-3-6-10-18)19-11-7-4-8-12-19/h17-20,24H,3-16H2,1-2H3/t17-,20-,22-/m0/s1. The smallest absolute Gasteiger partial charge is 0.215 e. The molecule has 156 valence electrons. The van der Waals surface area contributed by atoms with Crippen molar-refractivity contribution in [3.8, 4) is 0 Å². The highest BCUT2D eigenvalue weighted by molar-refractivity contribution is 7.89. The lowest BCUT2D eigenvalue weighted by Gasteiger charge is -2.45. The van der Waals surface area contributed by atoms with E-state index < -0.39 is 21.5 Å². The fourth-order valence-electron chi connectivity index (χ4n) is 7.20. The predicted octanol–water partition coefficient (Wildman–Crippen LogP) is 4.47. The molecule has 2 bridgehead atoms. The van der Waals surface area contributed by atoms with Crippen LogP contribution in [0.2, 0.25) is 0 Å². The zero-order chi connectivity index (χ0) is 19.3. The Hall–Kier alpha value is -0.130. The van der Waals surface area contributed by atoms with Gasteiger partial charge in [0.25, 0.3) is 0 Å². The predicted molar refractivity (Wildman–Crippen MR) is 109 cm³/mol. The molecule has 0 radical (unpaired) electrons. The second-order valence-corrected chi connectivity index (χ2v) is 12.4. The van der Waals surface area contributed by atoms with Gasteiger partial charge >= 0.3 is 0 Å². The Morgan fingerprint density at radius 3 is 1.81 bits per heavy atom. The Kier molecular flexibility index (Phi) is 5.44. The minimum Gasteiger partial charge on any atom is -0.392 e. The van der Waals surface area contributed by atoms with Crippen molar-refractivity contribution in [2.45, 2.75) is 116 Å². The summed E-state index contributed by atoms with van der Waals surface area (Å²) in [6.45, 7) is 4.42. The van der Waals surface area contributed by atoms with Crippen molar-refractivity contribution >= 4 is 10.0 Å². The van der Waals surface area contributed by atoms with E-state index in [9.17, 15) is 13.5 Å². The third-order valence-corrected chi connectivity index (χ3v) is 11.1. The van der Waals surface area contributed by atoms with E-state index in [1.165, 1.54) is 12.8 Å². The first kappa shape index (κ1) is 20.2. The van der Waals surface area contributed by atoms with Crippen molar-refractivity contribution < 1.29 is 13.5 Å². The zero-order valence-electron chi connectivity index (χ0n) is 17.3. The van der Waals surface area contributed by atoms with E-state index in [2.05, 4.69) is 13.8 Å². The van der Waals surface area contributed by atoms with Crippen LogP contribution in [0.3, 0.4) is 0 Å². The average Bonchev–Trinajstić information content (AvgIpc) is 2.97. The van der Waals surface area contributed by atoms with Crippen LogP contribution in [0.25, 0.3) is 0 Å². The van der Waals surface area contributed by atoms with E-state index in [4.69, 9.17) is 0 Å². The van der Waals surface area contributed by atoms with Crippen LogP contribution in [0, 0.1) is 16.7 Å². The molecule has 4 aliphatic carbocycles. The third-order valence-electron chi connectivity index (χ3n) is 9.02. The molecule has 1 N–H and O–H groups in total. The highest BCUT2D eigenvalue weighted by Crippen LogP contribution is 2.66. The molecular formula is C22H39NO3S. The van der Waals surface area contributed by atoms with Crippen LogP contribution in [0.5, 0.6) is 0 Å². The first-order valence-corrected chi connectivity index (χ1v) is 13.1. The van der Waals surface area contributed by atoms with Gasteiger partial charge in [0.2, 0.25) is 10.0 Å². The molecule has 27 heavy (non-hydrogen) atoms. The molecule has 0 aliphatic heterocycles. The Labute approximate surface area is 166 Å². The lowest BCUT2D eigenvalue weighted by molar-refractivity contribution is 0.0136. The van der Waals surface area contributed by atoms with Crippen molar-refractivity contribution in [2.24, 2.45) is 16.7 Å². The summed E-state index contributed by atoms with van der Waals surface area (Å²) in [5.74, 6) is 0.637. The minimum atomic E-state index is -3.38. The maximum absolute atomic E-state index is 13.9. The van der Waals surface area contributed by atoms with E-state index in [-0.39, 0.29) is 23.3 Å². The monoisotopic (exact) mass is 397 g/mol.